The Morgan fingerprint density at radius 2 is 2.27 bits per heavy atom. The summed E-state index contributed by atoms with van der Waals surface area (Å²) >= 11 is 5.54. The quantitative estimate of drug-likeness (QED) is 0.725. The van der Waals surface area contributed by atoms with Gasteiger partial charge >= 0.3 is 0 Å². The van der Waals surface area contributed by atoms with Gasteiger partial charge in [-0.1, -0.05) is 11.6 Å². The van der Waals surface area contributed by atoms with Crippen LogP contribution in [0, 0.1) is 5.82 Å². The number of carbonyl (C=O) groups is 1. The largest absolute Gasteiger partial charge is 0.272 e. The fourth-order valence-electron chi connectivity index (χ4n) is 1.37. The van der Waals surface area contributed by atoms with E-state index in [0.29, 0.717) is 5.69 Å². The van der Waals surface area contributed by atoms with Crippen LogP contribution in [0.4, 0.5) is 10.1 Å². The van der Waals surface area contributed by atoms with E-state index in [9.17, 15) is 9.18 Å². The normalized spacial score (nSPS) is 15.8. The zero-order chi connectivity index (χ0) is 11.0. The fourth-order valence-corrected chi connectivity index (χ4v) is 1.49. The number of hydrogen-bond donors (Lipinski definition) is 0. The van der Waals surface area contributed by atoms with Crippen LogP contribution in [-0.4, -0.2) is 11.6 Å². The minimum Gasteiger partial charge on any atom is -0.272 e. The number of anilines is 1. The summed E-state index contributed by atoms with van der Waals surface area (Å²) in [5, 5.41) is 5.22. The number of nitrogens with zero attached hydrogens (tertiary/aromatic N) is 2. The highest BCUT2D eigenvalue weighted by molar-refractivity contribution is 6.30. The standard InChI is InChI=1S/C10H8ClFN2O/c1-6-4-10(15)14(13-6)7-2-3-8(11)9(12)5-7/h2-3,5H,4H2,1H3. The van der Waals surface area contributed by atoms with Crippen molar-refractivity contribution in [3.05, 3.63) is 29.0 Å². The van der Waals surface area contributed by atoms with E-state index in [2.05, 4.69) is 5.10 Å². The molecule has 15 heavy (non-hydrogen) atoms. The summed E-state index contributed by atoms with van der Waals surface area (Å²) in [5.41, 5.74) is 1.12. The molecule has 0 atom stereocenters. The fraction of sp³-hybridized carbons (Fsp3) is 0.200. The Balaban J connectivity index is 2.38. The molecule has 1 aliphatic heterocycles. The predicted octanol–water partition coefficient (Wildman–Crippen LogP) is 2.59. The van der Waals surface area contributed by atoms with E-state index < -0.39 is 5.82 Å². The molecule has 0 radical (unpaired) electrons. The van der Waals surface area contributed by atoms with Crippen LogP contribution in [0.25, 0.3) is 0 Å². The van der Waals surface area contributed by atoms with Crippen molar-refractivity contribution < 1.29 is 9.18 Å². The number of hydrogen-bond acceptors (Lipinski definition) is 2. The van der Waals surface area contributed by atoms with Crippen molar-refractivity contribution in [2.45, 2.75) is 13.3 Å². The number of amides is 1. The third kappa shape index (κ3) is 1.85. The van der Waals surface area contributed by atoms with Crippen molar-refractivity contribution in [1.82, 2.24) is 0 Å². The van der Waals surface area contributed by atoms with Gasteiger partial charge in [-0.2, -0.15) is 5.10 Å². The molecule has 0 saturated heterocycles. The van der Waals surface area contributed by atoms with Crippen LogP contribution < -0.4 is 5.01 Å². The molecule has 0 unspecified atom stereocenters. The third-order valence-corrected chi connectivity index (χ3v) is 2.37. The SMILES string of the molecule is CC1=NN(c2ccc(Cl)c(F)c2)C(=O)C1. The van der Waals surface area contributed by atoms with Gasteiger partial charge in [0.05, 0.1) is 17.1 Å². The molecule has 0 spiro atoms. The lowest BCUT2D eigenvalue weighted by molar-refractivity contribution is -0.116. The zero-order valence-corrected chi connectivity index (χ0v) is 8.75. The molecule has 0 fully saturated rings. The van der Waals surface area contributed by atoms with Crippen LogP contribution in [-0.2, 0) is 4.79 Å². The molecular weight excluding hydrogens is 219 g/mol. The summed E-state index contributed by atoms with van der Waals surface area (Å²) in [4.78, 5) is 11.4. The maximum absolute atomic E-state index is 13.1. The molecule has 0 N–H and O–H groups in total. The average molecular weight is 227 g/mol. The smallest absolute Gasteiger partial charge is 0.253 e. The van der Waals surface area contributed by atoms with Gasteiger partial charge in [-0.15, -0.1) is 0 Å². The molecular formula is C10H8ClFN2O. The van der Waals surface area contributed by atoms with Crippen molar-refractivity contribution in [2.24, 2.45) is 5.10 Å². The summed E-state index contributed by atoms with van der Waals surface area (Å²) in [5.74, 6) is -0.712. The first-order valence-electron chi connectivity index (χ1n) is 4.40. The highest BCUT2D eigenvalue weighted by Gasteiger charge is 2.23. The summed E-state index contributed by atoms with van der Waals surface area (Å²) in [6.45, 7) is 1.75. The van der Waals surface area contributed by atoms with Crippen LogP contribution in [0.3, 0.4) is 0 Å². The van der Waals surface area contributed by atoms with Crippen LogP contribution in [0.5, 0.6) is 0 Å². The Kier molecular flexibility index (Phi) is 2.44. The molecule has 0 aliphatic carbocycles. The van der Waals surface area contributed by atoms with E-state index in [1.807, 2.05) is 0 Å². The molecule has 0 bridgehead atoms. The Morgan fingerprint density at radius 3 is 2.80 bits per heavy atom. The Bertz CT molecular complexity index is 459. The molecule has 5 heteroatoms. The number of carbonyl (C=O) groups excluding carboxylic acids is 1. The molecule has 1 heterocycles. The van der Waals surface area contributed by atoms with E-state index in [0.717, 1.165) is 5.71 Å². The highest BCUT2D eigenvalue weighted by Crippen LogP contribution is 2.24. The van der Waals surface area contributed by atoms with Gasteiger partial charge in [-0.05, 0) is 19.1 Å². The van der Waals surface area contributed by atoms with Crippen molar-refractivity contribution in [2.75, 3.05) is 5.01 Å². The lowest BCUT2D eigenvalue weighted by Crippen LogP contribution is -2.19. The number of rotatable bonds is 1. The topological polar surface area (TPSA) is 32.7 Å². The van der Waals surface area contributed by atoms with Crippen LogP contribution in [0.2, 0.25) is 5.02 Å². The third-order valence-electron chi connectivity index (χ3n) is 2.06. The Morgan fingerprint density at radius 1 is 1.53 bits per heavy atom. The van der Waals surface area contributed by atoms with Gasteiger partial charge in [0, 0.05) is 11.8 Å². The van der Waals surface area contributed by atoms with E-state index in [4.69, 9.17) is 11.6 Å². The summed E-state index contributed by atoms with van der Waals surface area (Å²) in [6, 6.07) is 4.16. The van der Waals surface area contributed by atoms with Gasteiger partial charge in [0.15, 0.2) is 0 Å². The lowest BCUT2D eigenvalue weighted by atomic mass is 10.3. The maximum atomic E-state index is 13.1. The first-order chi connectivity index (χ1) is 7.08. The van der Waals surface area contributed by atoms with Crippen molar-refractivity contribution >= 4 is 28.9 Å². The predicted molar refractivity (Wildman–Crippen MR) is 56.6 cm³/mol. The van der Waals surface area contributed by atoms with E-state index in [1.165, 1.54) is 17.1 Å². The Labute approximate surface area is 91.1 Å². The van der Waals surface area contributed by atoms with Gasteiger partial charge in [-0.25, -0.2) is 9.40 Å². The minimum atomic E-state index is -0.554. The molecule has 0 aromatic heterocycles. The van der Waals surface area contributed by atoms with Crippen LogP contribution in [0.15, 0.2) is 23.3 Å². The molecule has 78 valence electrons. The summed E-state index contributed by atoms with van der Waals surface area (Å²) in [6.07, 6.45) is 0.282. The second kappa shape index (κ2) is 3.62. The molecule has 0 saturated carbocycles. The first kappa shape index (κ1) is 10.1. The summed E-state index contributed by atoms with van der Waals surface area (Å²) < 4.78 is 13.1. The van der Waals surface area contributed by atoms with E-state index >= 15 is 0 Å². The van der Waals surface area contributed by atoms with E-state index in [-0.39, 0.29) is 17.4 Å². The van der Waals surface area contributed by atoms with Gasteiger partial charge in [0.1, 0.15) is 5.82 Å². The van der Waals surface area contributed by atoms with E-state index in [1.54, 1.807) is 13.0 Å². The monoisotopic (exact) mass is 226 g/mol. The van der Waals surface area contributed by atoms with Crippen molar-refractivity contribution in [3.8, 4) is 0 Å². The Hall–Kier alpha value is -1.42. The summed E-state index contributed by atoms with van der Waals surface area (Å²) in [7, 11) is 0. The second-order valence-electron chi connectivity index (χ2n) is 3.32. The number of halogens is 2. The molecule has 1 aliphatic rings. The van der Waals surface area contributed by atoms with Gasteiger partial charge < -0.3 is 0 Å². The van der Waals surface area contributed by atoms with Crippen LogP contribution >= 0.6 is 11.6 Å². The molecule has 1 amide bonds. The zero-order valence-electron chi connectivity index (χ0n) is 8.00. The highest BCUT2D eigenvalue weighted by atomic mass is 35.5. The second-order valence-corrected chi connectivity index (χ2v) is 3.72. The average Bonchev–Trinajstić information content (AvgIpc) is 2.50. The number of benzene rings is 1. The molecule has 1 aromatic carbocycles. The van der Waals surface area contributed by atoms with Gasteiger partial charge in [0.25, 0.3) is 5.91 Å². The van der Waals surface area contributed by atoms with Crippen LogP contribution in [0.1, 0.15) is 13.3 Å². The minimum absolute atomic E-state index is 0.0334. The molecule has 2 rings (SSSR count). The lowest BCUT2D eigenvalue weighted by Gasteiger charge is -2.11. The molecule has 3 nitrogen and oxygen atoms in total. The van der Waals surface area contributed by atoms with Gasteiger partial charge in [-0.3, -0.25) is 4.79 Å². The van der Waals surface area contributed by atoms with Crippen molar-refractivity contribution in [1.29, 1.82) is 0 Å². The van der Waals surface area contributed by atoms with Crippen molar-refractivity contribution in [3.63, 3.8) is 0 Å². The number of hydrazone groups is 1. The first-order valence-corrected chi connectivity index (χ1v) is 4.78. The molecule has 1 aromatic rings. The maximum Gasteiger partial charge on any atom is 0.253 e. The van der Waals surface area contributed by atoms with Gasteiger partial charge in [0.2, 0.25) is 0 Å².